The minimum atomic E-state index is -0.103. The first-order valence-corrected chi connectivity index (χ1v) is 22.7. The van der Waals surface area contributed by atoms with Crippen molar-refractivity contribution < 1.29 is 0 Å². The Hall–Kier alpha value is -7.36. The van der Waals surface area contributed by atoms with E-state index in [2.05, 4.69) is 222 Å². The summed E-state index contributed by atoms with van der Waals surface area (Å²) in [6.45, 7) is 2.27. The van der Waals surface area contributed by atoms with E-state index in [-0.39, 0.29) is 5.41 Å². The smallest absolute Gasteiger partial charge is 0.0703 e. The lowest BCUT2D eigenvalue weighted by molar-refractivity contribution is 0.563. The number of nitrogens with one attached hydrogen (secondary N) is 1. The quantitative estimate of drug-likeness (QED) is 0.154. The summed E-state index contributed by atoms with van der Waals surface area (Å²) in [7, 11) is 0. The van der Waals surface area contributed by atoms with Gasteiger partial charge in [-0.2, -0.15) is 0 Å². The van der Waals surface area contributed by atoms with Crippen molar-refractivity contribution in [1.29, 1.82) is 0 Å². The van der Waals surface area contributed by atoms with Crippen molar-refractivity contribution in [3.63, 3.8) is 0 Å². The van der Waals surface area contributed by atoms with Crippen LogP contribution >= 0.6 is 0 Å². The number of allylic oxidation sites excluding steroid dienone is 4. The molecular formula is C60H49N3. The van der Waals surface area contributed by atoms with E-state index in [9.17, 15) is 0 Å². The van der Waals surface area contributed by atoms with Crippen molar-refractivity contribution in [1.82, 2.24) is 0 Å². The summed E-state index contributed by atoms with van der Waals surface area (Å²) in [5, 5.41) is 6.37. The molecule has 0 saturated carbocycles. The Kier molecular flexibility index (Phi) is 9.04. The van der Waals surface area contributed by atoms with Gasteiger partial charge in [0.25, 0.3) is 0 Å². The van der Waals surface area contributed by atoms with Gasteiger partial charge in [0.15, 0.2) is 0 Å². The van der Waals surface area contributed by atoms with Crippen molar-refractivity contribution in [3.05, 3.63) is 233 Å². The summed E-state index contributed by atoms with van der Waals surface area (Å²) in [6, 6.07) is 65.2. The van der Waals surface area contributed by atoms with Gasteiger partial charge in [-0.05, 0) is 142 Å². The van der Waals surface area contributed by atoms with Crippen molar-refractivity contribution in [2.45, 2.75) is 50.9 Å². The summed E-state index contributed by atoms with van der Waals surface area (Å²) < 4.78 is 0. The van der Waals surface area contributed by atoms with Gasteiger partial charge < -0.3 is 15.1 Å². The Bertz CT molecular complexity index is 3110. The van der Waals surface area contributed by atoms with Crippen LogP contribution < -0.4 is 15.1 Å². The summed E-state index contributed by atoms with van der Waals surface area (Å²) in [5.74, 6) is 0. The maximum atomic E-state index is 3.92. The van der Waals surface area contributed by atoms with Crippen LogP contribution in [0.3, 0.4) is 0 Å². The molecule has 1 aliphatic heterocycles. The van der Waals surface area contributed by atoms with Crippen LogP contribution in [0.15, 0.2) is 199 Å². The third-order valence-electron chi connectivity index (χ3n) is 13.9. The van der Waals surface area contributed by atoms with Crippen LogP contribution in [0.2, 0.25) is 0 Å². The first-order valence-electron chi connectivity index (χ1n) is 22.7. The van der Waals surface area contributed by atoms with Gasteiger partial charge in [0.05, 0.1) is 28.4 Å². The number of hydrogen-bond acceptors (Lipinski definition) is 3. The molecular weight excluding hydrogens is 763 g/mol. The van der Waals surface area contributed by atoms with Crippen LogP contribution in [0, 0.1) is 0 Å². The number of nitrogens with zero attached hydrogens (tertiary/aromatic N) is 2. The number of benzene rings is 8. The molecule has 1 N–H and O–H groups in total. The maximum absolute atomic E-state index is 3.92. The Morgan fingerprint density at radius 2 is 1.17 bits per heavy atom. The lowest BCUT2D eigenvalue weighted by Crippen LogP contribution is -2.26. The van der Waals surface area contributed by atoms with E-state index in [4.69, 9.17) is 0 Å². The molecule has 0 amide bonds. The number of para-hydroxylation sites is 5. The molecule has 0 fully saturated rings. The van der Waals surface area contributed by atoms with Gasteiger partial charge >= 0.3 is 0 Å². The molecule has 0 atom stereocenters. The standard InChI is InChI=1S/C60H49N3/c1-2-16-43-17-8-9-25-54(43)61-46-34-36-50-49-35-32-41(37-52(49)60(53(50)38-46)39-44-18-6-7-19-45(44)40-60)31-33-42-20-14-24-51-48(42)23-15-30-55(51)63-58-28-12-10-26-56(58)62(47-21-4-3-5-22-47)57-27-11-13-29-59(57)63/h3-8,10-15,17-24,26-38,61H,2,9,16,25,39-40H2,1H3/b33-31+. The fourth-order valence-electron chi connectivity index (χ4n) is 11.1. The van der Waals surface area contributed by atoms with Crippen molar-refractivity contribution in [3.8, 4) is 11.1 Å². The van der Waals surface area contributed by atoms with Crippen LogP contribution in [0.5, 0.6) is 0 Å². The zero-order valence-electron chi connectivity index (χ0n) is 35.7. The van der Waals surface area contributed by atoms with E-state index < -0.39 is 0 Å². The Balaban J connectivity index is 0.920. The minimum absolute atomic E-state index is 0.103. The normalized spacial score (nSPS) is 15.4. The average Bonchev–Trinajstić information content (AvgIpc) is 3.85. The van der Waals surface area contributed by atoms with Crippen LogP contribution in [0.4, 0.5) is 39.8 Å². The van der Waals surface area contributed by atoms with Crippen molar-refractivity contribution in [2.75, 3.05) is 15.1 Å². The molecule has 0 unspecified atom stereocenters. The van der Waals surface area contributed by atoms with E-state index in [1.54, 1.807) is 0 Å². The first kappa shape index (κ1) is 37.4. The zero-order chi connectivity index (χ0) is 41.9. The predicted octanol–water partition coefficient (Wildman–Crippen LogP) is 16.1. The van der Waals surface area contributed by atoms with E-state index >= 15 is 0 Å². The van der Waals surface area contributed by atoms with Gasteiger partial charge in [-0.3, -0.25) is 0 Å². The number of fused-ring (bicyclic) bond motifs is 9. The molecule has 4 aliphatic rings. The molecule has 8 aromatic rings. The molecule has 12 rings (SSSR count). The van der Waals surface area contributed by atoms with Crippen LogP contribution in [-0.4, -0.2) is 0 Å². The highest BCUT2D eigenvalue weighted by Gasteiger charge is 2.47. The number of rotatable bonds is 8. The lowest BCUT2D eigenvalue weighted by atomic mass is 9.75. The van der Waals surface area contributed by atoms with Gasteiger partial charge in [0, 0.05) is 27.9 Å². The van der Waals surface area contributed by atoms with Gasteiger partial charge in [0.2, 0.25) is 0 Å². The highest BCUT2D eigenvalue weighted by Crippen LogP contribution is 2.57. The molecule has 304 valence electrons. The van der Waals surface area contributed by atoms with E-state index in [1.807, 2.05) is 0 Å². The first-order chi connectivity index (χ1) is 31.2. The second kappa shape index (κ2) is 15.2. The summed E-state index contributed by atoms with van der Waals surface area (Å²) in [4.78, 5) is 4.83. The summed E-state index contributed by atoms with van der Waals surface area (Å²) >= 11 is 0. The fourth-order valence-corrected chi connectivity index (χ4v) is 11.1. The summed E-state index contributed by atoms with van der Waals surface area (Å²) in [6.07, 6.45) is 15.8. The predicted molar refractivity (Wildman–Crippen MR) is 266 cm³/mol. The monoisotopic (exact) mass is 811 g/mol. The molecule has 3 heteroatoms. The van der Waals surface area contributed by atoms with Gasteiger partial charge in [-0.25, -0.2) is 0 Å². The molecule has 3 aliphatic carbocycles. The highest BCUT2D eigenvalue weighted by molar-refractivity contribution is 6.08. The lowest BCUT2D eigenvalue weighted by Gasteiger charge is -2.40. The molecule has 0 bridgehead atoms. The Labute approximate surface area is 371 Å². The van der Waals surface area contributed by atoms with Crippen molar-refractivity contribution >= 4 is 62.7 Å². The third-order valence-corrected chi connectivity index (χ3v) is 13.9. The van der Waals surface area contributed by atoms with Gasteiger partial charge in [-0.15, -0.1) is 0 Å². The maximum Gasteiger partial charge on any atom is 0.0703 e. The van der Waals surface area contributed by atoms with Crippen LogP contribution in [0.1, 0.15) is 66.0 Å². The largest absolute Gasteiger partial charge is 0.359 e. The SMILES string of the molecule is CCCC1=C(Nc2ccc3c(c2)C2(Cc4ccccc4C2)c2cc(/C=C/c4cccc5c(N6c7ccccc7N(c7ccccc7)c7ccccc76)cccc45)ccc2-3)CCC=C1. The molecule has 0 saturated heterocycles. The van der Waals surface area contributed by atoms with E-state index in [0.29, 0.717) is 0 Å². The molecule has 3 nitrogen and oxygen atoms in total. The third kappa shape index (κ3) is 6.17. The number of hydrogen-bond donors (Lipinski definition) is 1. The molecule has 63 heavy (non-hydrogen) atoms. The second-order valence-corrected chi connectivity index (χ2v) is 17.6. The topological polar surface area (TPSA) is 18.5 Å². The minimum Gasteiger partial charge on any atom is -0.359 e. The molecule has 0 aromatic heterocycles. The Morgan fingerprint density at radius 3 is 1.90 bits per heavy atom. The second-order valence-electron chi connectivity index (χ2n) is 17.6. The molecule has 0 radical (unpaired) electrons. The average molecular weight is 812 g/mol. The number of anilines is 7. The summed E-state index contributed by atoms with van der Waals surface area (Å²) in [5.41, 5.74) is 21.9. The highest BCUT2D eigenvalue weighted by atomic mass is 15.3. The van der Waals surface area contributed by atoms with Gasteiger partial charge in [-0.1, -0.05) is 159 Å². The van der Waals surface area contributed by atoms with E-state index in [0.717, 1.165) is 67.0 Å². The van der Waals surface area contributed by atoms with Gasteiger partial charge in [0.1, 0.15) is 0 Å². The molecule has 1 spiro atoms. The van der Waals surface area contributed by atoms with Crippen LogP contribution in [0.25, 0.3) is 34.1 Å². The Morgan fingerprint density at radius 1 is 0.556 bits per heavy atom. The van der Waals surface area contributed by atoms with E-state index in [1.165, 1.54) is 77.9 Å². The molecule has 1 heterocycles. The van der Waals surface area contributed by atoms with Crippen LogP contribution in [-0.2, 0) is 18.3 Å². The van der Waals surface area contributed by atoms with Crippen molar-refractivity contribution in [2.24, 2.45) is 0 Å². The fraction of sp³-hybridized carbons (Fsp3) is 0.133. The zero-order valence-corrected chi connectivity index (χ0v) is 35.7. The molecule has 8 aromatic carbocycles.